The standard InChI is InChI=1S/C14H19N3O3S.ClH/c1-20-13-8-11(9-15)5-6-14(13)21(18,19)17-7-3-2-4-12(17)10-16;/h5-6,8,12H,2-4,7,10,16H2,1H3;1H. The highest BCUT2D eigenvalue weighted by molar-refractivity contribution is 7.89. The molecule has 1 fully saturated rings. The van der Waals surface area contributed by atoms with Crippen LogP contribution in [0.5, 0.6) is 5.75 Å². The third-order valence-electron chi connectivity index (χ3n) is 3.72. The van der Waals surface area contributed by atoms with E-state index in [1.807, 2.05) is 6.07 Å². The predicted molar refractivity (Wildman–Crippen MR) is 85.5 cm³/mol. The molecule has 6 nitrogen and oxygen atoms in total. The van der Waals surface area contributed by atoms with Gasteiger partial charge in [0.15, 0.2) is 0 Å². The molecule has 1 aliphatic heterocycles. The molecule has 22 heavy (non-hydrogen) atoms. The Hall–Kier alpha value is -1.33. The zero-order valence-electron chi connectivity index (χ0n) is 12.4. The van der Waals surface area contributed by atoms with E-state index in [9.17, 15) is 8.42 Å². The fraction of sp³-hybridized carbons (Fsp3) is 0.500. The number of nitriles is 1. The maximum Gasteiger partial charge on any atom is 0.247 e. The van der Waals surface area contributed by atoms with Gasteiger partial charge in [0, 0.05) is 19.1 Å². The average Bonchev–Trinajstić information content (AvgIpc) is 2.53. The van der Waals surface area contributed by atoms with Crippen LogP contribution < -0.4 is 10.5 Å². The molecule has 1 atom stereocenters. The number of halogens is 1. The van der Waals surface area contributed by atoms with Crippen molar-refractivity contribution in [1.29, 1.82) is 5.26 Å². The topological polar surface area (TPSA) is 96.4 Å². The van der Waals surface area contributed by atoms with Crippen LogP contribution in [0.3, 0.4) is 0 Å². The molecule has 1 heterocycles. The minimum absolute atomic E-state index is 0. The summed E-state index contributed by atoms with van der Waals surface area (Å²) in [6.07, 6.45) is 2.58. The Kier molecular flexibility index (Phi) is 6.63. The molecular weight excluding hydrogens is 326 g/mol. The first-order valence-electron chi connectivity index (χ1n) is 6.84. The van der Waals surface area contributed by atoms with Crippen molar-refractivity contribution in [3.63, 3.8) is 0 Å². The van der Waals surface area contributed by atoms with E-state index >= 15 is 0 Å². The Morgan fingerprint density at radius 1 is 1.45 bits per heavy atom. The number of sulfonamides is 1. The van der Waals surface area contributed by atoms with Crippen molar-refractivity contribution in [2.24, 2.45) is 5.73 Å². The van der Waals surface area contributed by atoms with Crippen LogP contribution in [0.1, 0.15) is 24.8 Å². The number of benzene rings is 1. The molecule has 1 saturated heterocycles. The maximum absolute atomic E-state index is 12.8. The smallest absolute Gasteiger partial charge is 0.247 e. The van der Waals surface area contributed by atoms with Crippen LogP contribution in [0, 0.1) is 11.3 Å². The van der Waals surface area contributed by atoms with Crippen LogP contribution in [0.2, 0.25) is 0 Å². The largest absolute Gasteiger partial charge is 0.495 e. The van der Waals surface area contributed by atoms with Crippen LogP contribution in [0.25, 0.3) is 0 Å². The molecule has 0 amide bonds. The van der Waals surface area contributed by atoms with Crippen molar-refractivity contribution in [3.8, 4) is 11.8 Å². The normalized spacial score (nSPS) is 19.0. The summed E-state index contributed by atoms with van der Waals surface area (Å²) in [6, 6.07) is 6.14. The average molecular weight is 346 g/mol. The monoisotopic (exact) mass is 345 g/mol. The highest BCUT2D eigenvalue weighted by atomic mass is 35.5. The Morgan fingerprint density at radius 2 is 2.18 bits per heavy atom. The van der Waals surface area contributed by atoms with Gasteiger partial charge in [-0.25, -0.2) is 8.42 Å². The van der Waals surface area contributed by atoms with Gasteiger partial charge < -0.3 is 10.5 Å². The van der Waals surface area contributed by atoms with E-state index in [4.69, 9.17) is 15.7 Å². The second kappa shape index (κ2) is 7.79. The van der Waals surface area contributed by atoms with Gasteiger partial charge in [-0.3, -0.25) is 0 Å². The Balaban J connectivity index is 0.00000242. The molecule has 8 heteroatoms. The van der Waals surface area contributed by atoms with Gasteiger partial charge in [-0.15, -0.1) is 12.4 Å². The lowest BCUT2D eigenvalue weighted by molar-refractivity contribution is 0.256. The first kappa shape index (κ1) is 18.7. The maximum atomic E-state index is 12.8. The van der Waals surface area contributed by atoms with E-state index in [1.54, 1.807) is 0 Å². The first-order chi connectivity index (χ1) is 10.0. The lowest BCUT2D eigenvalue weighted by atomic mass is 10.1. The summed E-state index contributed by atoms with van der Waals surface area (Å²) >= 11 is 0. The number of nitrogens with two attached hydrogens (primary N) is 1. The number of ether oxygens (including phenoxy) is 1. The summed E-state index contributed by atoms with van der Waals surface area (Å²) in [5.41, 5.74) is 6.07. The molecule has 1 aliphatic rings. The fourth-order valence-corrected chi connectivity index (χ4v) is 4.45. The second-order valence-electron chi connectivity index (χ2n) is 4.98. The Morgan fingerprint density at radius 3 is 2.77 bits per heavy atom. The lowest BCUT2D eigenvalue weighted by Crippen LogP contribution is -2.47. The predicted octanol–water partition coefficient (Wildman–Crippen LogP) is 1.49. The van der Waals surface area contributed by atoms with Gasteiger partial charge in [0.05, 0.1) is 18.7 Å². The third kappa shape index (κ3) is 3.52. The summed E-state index contributed by atoms with van der Waals surface area (Å²) in [5.74, 6) is 0.190. The van der Waals surface area contributed by atoms with Crippen molar-refractivity contribution in [3.05, 3.63) is 23.8 Å². The van der Waals surface area contributed by atoms with E-state index in [1.165, 1.54) is 29.6 Å². The van der Waals surface area contributed by atoms with E-state index in [0.717, 1.165) is 19.3 Å². The third-order valence-corrected chi connectivity index (χ3v) is 5.72. The Bertz CT molecular complexity index is 658. The van der Waals surface area contributed by atoms with Gasteiger partial charge in [0.1, 0.15) is 10.6 Å². The number of hydrogen-bond acceptors (Lipinski definition) is 5. The van der Waals surface area contributed by atoms with Gasteiger partial charge in [-0.05, 0) is 31.0 Å². The second-order valence-corrected chi connectivity index (χ2v) is 6.84. The molecule has 0 bridgehead atoms. The molecule has 1 aromatic rings. The summed E-state index contributed by atoms with van der Waals surface area (Å²) in [7, 11) is -2.28. The molecule has 0 saturated carbocycles. The zero-order valence-corrected chi connectivity index (χ0v) is 14.0. The van der Waals surface area contributed by atoms with E-state index in [-0.39, 0.29) is 29.1 Å². The van der Waals surface area contributed by atoms with Gasteiger partial charge in [-0.2, -0.15) is 9.57 Å². The van der Waals surface area contributed by atoms with Gasteiger partial charge in [0.2, 0.25) is 10.0 Å². The van der Waals surface area contributed by atoms with Crippen molar-refractivity contribution < 1.29 is 13.2 Å². The van der Waals surface area contributed by atoms with Crippen LogP contribution in [0.15, 0.2) is 23.1 Å². The highest BCUT2D eigenvalue weighted by Crippen LogP contribution is 2.31. The Labute approximate surface area is 137 Å². The van der Waals surface area contributed by atoms with Crippen molar-refractivity contribution >= 4 is 22.4 Å². The molecule has 0 aromatic heterocycles. The molecular formula is C14H20ClN3O3S. The van der Waals surface area contributed by atoms with Crippen molar-refractivity contribution in [2.45, 2.75) is 30.2 Å². The van der Waals surface area contributed by atoms with Crippen LogP contribution in [-0.4, -0.2) is 39.0 Å². The number of piperidine rings is 1. The van der Waals surface area contributed by atoms with E-state index in [2.05, 4.69) is 0 Å². The summed E-state index contributed by atoms with van der Waals surface area (Å²) in [6.45, 7) is 0.769. The zero-order chi connectivity index (χ0) is 15.5. The minimum atomic E-state index is -3.67. The van der Waals surface area contributed by atoms with Crippen molar-refractivity contribution in [1.82, 2.24) is 4.31 Å². The van der Waals surface area contributed by atoms with Gasteiger partial charge in [-0.1, -0.05) is 6.42 Å². The number of nitrogens with zero attached hydrogens (tertiary/aromatic N) is 2. The van der Waals surface area contributed by atoms with Crippen LogP contribution in [0.4, 0.5) is 0 Å². The summed E-state index contributed by atoms with van der Waals surface area (Å²) in [5, 5.41) is 8.90. The minimum Gasteiger partial charge on any atom is -0.495 e. The van der Waals surface area contributed by atoms with Crippen molar-refractivity contribution in [2.75, 3.05) is 20.2 Å². The highest BCUT2D eigenvalue weighted by Gasteiger charge is 2.34. The molecule has 0 aliphatic carbocycles. The van der Waals surface area contributed by atoms with Crippen LogP contribution in [-0.2, 0) is 10.0 Å². The molecule has 2 rings (SSSR count). The number of hydrogen-bond donors (Lipinski definition) is 1. The fourth-order valence-electron chi connectivity index (χ4n) is 2.60. The SMILES string of the molecule is COc1cc(C#N)ccc1S(=O)(=O)N1CCCCC1CN.Cl. The molecule has 122 valence electrons. The van der Waals surface area contributed by atoms with Crippen LogP contribution >= 0.6 is 12.4 Å². The quantitative estimate of drug-likeness (QED) is 0.891. The summed E-state index contributed by atoms with van der Waals surface area (Å²) in [4.78, 5) is 0.0874. The molecule has 2 N–H and O–H groups in total. The van der Waals surface area contributed by atoms with Gasteiger partial charge in [0.25, 0.3) is 0 Å². The molecule has 1 aromatic carbocycles. The number of rotatable bonds is 4. The summed E-state index contributed by atoms with van der Waals surface area (Å²) < 4.78 is 32.3. The molecule has 0 spiro atoms. The van der Waals surface area contributed by atoms with Gasteiger partial charge >= 0.3 is 0 Å². The van der Waals surface area contributed by atoms with E-state index in [0.29, 0.717) is 18.7 Å². The molecule has 0 radical (unpaired) electrons. The first-order valence-corrected chi connectivity index (χ1v) is 8.28. The molecule has 1 unspecified atom stereocenters. The lowest BCUT2D eigenvalue weighted by Gasteiger charge is -2.34. The number of methoxy groups -OCH3 is 1. The van der Waals surface area contributed by atoms with E-state index < -0.39 is 10.0 Å².